The second-order valence-corrected chi connectivity index (χ2v) is 6.35. The van der Waals surface area contributed by atoms with Crippen LogP contribution in [0.2, 0.25) is 0 Å². The molecule has 0 N–H and O–H groups in total. The van der Waals surface area contributed by atoms with Crippen molar-refractivity contribution in [3.05, 3.63) is 12.0 Å². The van der Waals surface area contributed by atoms with E-state index in [0.29, 0.717) is 11.9 Å². The first-order valence-electron chi connectivity index (χ1n) is 5.00. The molecule has 2 heterocycles. The number of anilines is 1. The number of rotatable bonds is 2. The summed E-state index contributed by atoms with van der Waals surface area (Å²) in [5, 5.41) is 0. The average molecular weight is 247 g/mol. The molecule has 0 spiro atoms. The minimum Gasteiger partial charge on any atom is -0.432 e. The Kier molecular flexibility index (Phi) is 3.16. The SMILES string of the molecule is CC1(C)CN(c2nc(CCl)co2)CCS1. The van der Waals surface area contributed by atoms with Crippen LogP contribution < -0.4 is 4.90 Å². The van der Waals surface area contributed by atoms with Gasteiger partial charge in [-0.15, -0.1) is 11.6 Å². The largest absolute Gasteiger partial charge is 0.432 e. The van der Waals surface area contributed by atoms with E-state index in [2.05, 4.69) is 23.7 Å². The highest BCUT2D eigenvalue weighted by Crippen LogP contribution is 2.31. The molecule has 0 amide bonds. The number of halogens is 1. The first-order valence-corrected chi connectivity index (χ1v) is 6.52. The fourth-order valence-electron chi connectivity index (χ4n) is 1.68. The van der Waals surface area contributed by atoms with Crippen LogP contribution in [0.1, 0.15) is 19.5 Å². The summed E-state index contributed by atoms with van der Waals surface area (Å²) in [5.74, 6) is 1.53. The van der Waals surface area contributed by atoms with E-state index in [-0.39, 0.29) is 4.75 Å². The molecular weight excluding hydrogens is 232 g/mol. The summed E-state index contributed by atoms with van der Waals surface area (Å²) < 4.78 is 5.68. The minimum absolute atomic E-state index is 0.272. The molecule has 1 aromatic rings. The molecule has 0 atom stereocenters. The van der Waals surface area contributed by atoms with Gasteiger partial charge in [-0.25, -0.2) is 0 Å². The molecule has 0 aliphatic carbocycles. The van der Waals surface area contributed by atoms with Gasteiger partial charge in [-0.05, 0) is 13.8 Å². The summed E-state index contributed by atoms with van der Waals surface area (Å²) in [4.78, 5) is 6.52. The van der Waals surface area contributed by atoms with E-state index in [1.165, 1.54) is 0 Å². The molecule has 0 saturated carbocycles. The molecule has 1 aliphatic heterocycles. The zero-order valence-corrected chi connectivity index (χ0v) is 10.6. The van der Waals surface area contributed by atoms with E-state index in [4.69, 9.17) is 16.0 Å². The van der Waals surface area contributed by atoms with E-state index in [9.17, 15) is 0 Å². The van der Waals surface area contributed by atoms with Crippen LogP contribution in [0.25, 0.3) is 0 Å². The van der Waals surface area contributed by atoms with Gasteiger partial charge in [0.1, 0.15) is 6.26 Å². The Balaban J connectivity index is 2.10. The topological polar surface area (TPSA) is 29.3 Å². The fourth-order valence-corrected chi connectivity index (χ4v) is 2.92. The van der Waals surface area contributed by atoms with E-state index >= 15 is 0 Å². The zero-order valence-electron chi connectivity index (χ0n) is 8.99. The van der Waals surface area contributed by atoms with Crippen LogP contribution in [0, 0.1) is 0 Å². The van der Waals surface area contributed by atoms with E-state index < -0.39 is 0 Å². The molecule has 0 aromatic carbocycles. The van der Waals surface area contributed by atoms with Gasteiger partial charge in [-0.1, -0.05) is 0 Å². The van der Waals surface area contributed by atoms with Crippen LogP contribution in [0.3, 0.4) is 0 Å². The van der Waals surface area contributed by atoms with Crippen LogP contribution in [0.4, 0.5) is 6.01 Å². The summed E-state index contributed by atoms with van der Waals surface area (Å²) in [6.07, 6.45) is 1.64. The van der Waals surface area contributed by atoms with Gasteiger partial charge in [0.2, 0.25) is 0 Å². The van der Waals surface area contributed by atoms with Crippen molar-refractivity contribution in [2.24, 2.45) is 0 Å². The highest BCUT2D eigenvalue weighted by Gasteiger charge is 2.29. The number of oxazole rings is 1. The highest BCUT2D eigenvalue weighted by molar-refractivity contribution is 8.00. The fraction of sp³-hybridized carbons (Fsp3) is 0.700. The van der Waals surface area contributed by atoms with Gasteiger partial charge in [0.15, 0.2) is 0 Å². The summed E-state index contributed by atoms with van der Waals surface area (Å²) in [6.45, 7) is 6.46. The Labute approximate surface area is 99.2 Å². The summed E-state index contributed by atoms with van der Waals surface area (Å²) in [5.41, 5.74) is 0.808. The van der Waals surface area contributed by atoms with E-state index in [0.717, 1.165) is 24.5 Å². The molecule has 1 aliphatic rings. The van der Waals surface area contributed by atoms with Crippen LogP contribution in [-0.4, -0.2) is 28.6 Å². The van der Waals surface area contributed by atoms with Gasteiger partial charge in [0, 0.05) is 23.6 Å². The van der Waals surface area contributed by atoms with Crippen molar-refractivity contribution >= 4 is 29.4 Å². The van der Waals surface area contributed by atoms with Crippen LogP contribution in [0.5, 0.6) is 0 Å². The van der Waals surface area contributed by atoms with Crippen LogP contribution >= 0.6 is 23.4 Å². The molecule has 1 fully saturated rings. The quantitative estimate of drug-likeness (QED) is 0.751. The van der Waals surface area contributed by atoms with Crippen molar-refractivity contribution in [2.75, 3.05) is 23.7 Å². The van der Waals surface area contributed by atoms with Crippen molar-refractivity contribution in [1.82, 2.24) is 4.98 Å². The number of aromatic nitrogens is 1. The molecule has 0 radical (unpaired) electrons. The lowest BCUT2D eigenvalue weighted by molar-refractivity contribution is 0.516. The molecule has 3 nitrogen and oxygen atoms in total. The van der Waals surface area contributed by atoms with Crippen molar-refractivity contribution in [3.63, 3.8) is 0 Å². The number of hydrogen-bond donors (Lipinski definition) is 0. The summed E-state index contributed by atoms with van der Waals surface area (Å²) >= 11 is 7.68. The molecule has 0 bridgehead atoms. The average Bonchev–Trinajstić information content (AvgIpc) is 2.64. The van der Waals surface area contributed by atoms with Crippen molar-refractivity contribution in [3.8, 4) is 0 Å². The van der Waals surface area contributed by atoms with Crippen molar-refractivity contribution in [2.45, 2.75) is 24.5 Å². The van der Waals surface area contributed by atoms with Gasteiger partial charge >= 0.3 is 0 Å². The predicted molar refractivity (Wildman–Crippen MR) is 64.8 cm³/mol. The first kappa shape index (κ1) is 11.1. The second kappa shape index (κ2) is 4.26. The molecule has 0 unspecified atom stereocenters. The molecule has 2 rings (SSSR count). The van der Waals surface area contributed by atoms with E-state index in [1.807, 2.05) is 11.8 Å². The third kappa shape index (κ3) is 2.61. The number of alkyl halides is 1. The number of hydrogen-bond acceptors (Lipinski definition) is 4. The molecule has 84 valence electrons. The lowest BCUT2D eigenvalue weighted by atomic mass is 10.2. The Morgan fingerprint density at radius 2 is 2.47 bits per heavy atom. The van der Waals surface area contributed by atoms with Crippen LogP contribution in [0.15, 0.2) is 10.7 Å². The predicted octanol–water partition coefficient (Wildman–Crippen LogP) is 2.75. The Morgan fingerprint density at radius 1 is 1.67 bits per heavy atom. The molecular formula is C10H15ClN2OS. The summed E-state index contributed by atoms with van der Waals surface area (Å²) in [7, 11) is 0. The Bertz CT molecular complexity index is 340. The molecule has 1 saturated heterocycles. The third-order valence-corrected chi connectivity index (χ3v) is 3.94. The first-order chi connectivity index (χ1) is 7.11. The van der Waals surface area contributed by atoms with E-state index in [1.54, 1.807) is 6.26 Å². The maximum absolute atomic E-state index is 5.69. The number of nitrogens with zero attached hydrogens (tertiary/aromatic N) is 2. The monoisotopic (exact) mass is 246 g/mol. The zero-order chi connectivity index (χ0) is 10.9. The van der Waals surface area contributed by atoms with Gasteiger partial charge in [0.25, 0.3) is 6.01 Å². The van der Waals surface area contributed by atoms with Gasteiger partial charge in [-0.3, -0.25) is 0 Å². The van der Waals surface area contributed by atoms with Gasteiger partial charge in [-0.2, -0.15) is 16.7 Å². The second-order valence-electron chi connectivity index (χ2n) is 4.28. The van der Waals surface area contributed by atoms with Gasteiger partial charge < -0.3 is 9.32 Å². The normalized spacial score (nSPS) is 20.6. The lowest BCUT2D eigenvalue weighted by Crippen LogP contribution is -2.43. The minimum atomic E-state index is 0.272. The molecule has 15 heavy (non-hydrogen) atoms. The third-order valence-electron chi connectivity index (χ3n) is 2.37. The lowest BCUT2D eigenvalue weighted by Gasteiger charge is -2.36. The van der Waals surface area contributed by atoms with Crippen LogP contribution in [-0.2, 0) is 5.88 Å². The molecule has 1 aromatic heterocycles. The van der Waals surface area contributed by atoms with Gasteiger partial charge in [0.05, 0.1) is 11.6 Å². The highest BCUT2D eigenvalue weighted by atomic mass is 35.5. The Morgan fingerprint density at radius 3 is 3.07 bits per heavy atom. The van der Waals surface area contributed by atoms with Crippen molar-refractivity contribution in [1.29, 1.82) is 0 Å². The number of thioether (sulfide) groups is 1. The molecule has 5 heteroatoms. The smallest absolute Gasteiger partial charge is 0.297 e. The maximum atomic E-state index is 5.69. The standard InChI is InChI=1S/C10H15ClN2OS/c1-10(2)7-13(3-4-15-10)9-12-8(5-11)6-14-9/h6H,3-5,7H2,1-2H3. The Hall–Kier alpha value is -0.350. The maximum Gasteiger partial charge on any atom is 0.297 e. The van der Waals surface area contributed by atoms with Crippen molar-refractivity contribution < 1.29 is 4.42 Å². The summed E-state index contributed by atoms with van der Waals surface area (Å²) in [6, 6.07) is 0.707.